The van der Waals surface area contributed by atoms with Crippen LogP contribution in [0.25, 0.3) is 16.9 Å². The van der Waals surface area contributed by atoms with E-state index in [1.54, 1.807) is 55.4 Å². The molecule has 1 heterocycles. The van der Waals surface area contributed by atoms with E-state index in [0.29, 0.717) is 17.2 Å². The zero-order valence-corrected chi connectivity index (χ0v) is 19.8. The summed E-state index contributed by atoms with van der Waals surface area (Å²) in [4.78, 5) is 12.3. The lowest BCUT2D eigenvalue weighted by Gasteiger charge is -2.12. The van der Waals surface area contributed by atoms with Crippen molar-refractivity contribution in [2.75, 3.05) is 24.9 Å². The molecule has 0 spiro atoms. The molecule has 2 amide bonds. The molecule has 0 atom stereocenters. The van der Waals surface area contributed by atoms with Crippen molar-refractivity contribution in [3.05, 3.63) is 83.5 Å². The average molecular weight is 517 g/mol. The zero-order chi connectivity index (χ0) is 25.9. The summed E-state index contributed by atoms with van der Waals surface area (Å²) in [5.41, 5.74) is 1.67. The number of hydrogen-bond acceptors (Lipinski definition) is 4. The summed E-state index contributed by atoms with van der Waals surface area (Å²) in [6, 6.07) is 16.6. The summed E-state index contributed by atoms with van der Waals surface area (Å²) in [6.45, 7) is 0. The number of benzene rings is 3. The van der Waals surface area contributed by atoms with E-state index in [0.717, 1.165) is 29.1 Å². The fourth-order valence-electron chi connectivity index (χ4n) is 3.43. The summed E-state index contributed by atoms with van der Waals surface area (Å²) < 4.78 is 51.3. The van der Waals surface area contributed by atoms with Crippen LogP contribution >= 0.6 is 11.6 Å². The quantitative estimate of drug-likeness (QED) is 0.293. The predicted octanol–water partition coefficient (Wildman–Crippen LogP) is 6.87. The van der Waals surface area contributed by atoms with Gasteiger partial charge in [-0.2, -0.15) is 18.3 Å². The number of methoxy groups -OCH3 is 2. The van der Waals surface area contributed by atoms with Gasteiger partial charge >= 0.3 is 12.2 Å². The number of aromatic nitrogens is 2. The molecule has 0 aliphatic carbocycles. The number of halogens is 4. The van der Waals surface area contributed by atoms with Gasteiger partial charge in [-0.1, -0.05) is 11.6 Å². The van der Waals surface area contributed by atoms with E-state index in [9.17, 15) is 18.0 Å². The minimum absolute atomic E-state index is 0.0416. The molecule has 0 aliphatic heterocycles. The van der Waals surface area contributed by atoms with E-state index in [1.165, 1.54) is 6.07 Å². The molecule has 2 N–H and O–H groups in total. The Hall–Kier alpha value is -4.18. The van der Waals surface area contributed by atoms with Crippen molar-refractivity contribution in [3.63, 3.8) is 0 Å². The molecule has 0 radical (unpaired) electrons. The van der Waals surface area contributed by atoms with E-state index in [-0.39, 0.29) is 5.69 Å². The second-order valence-electron chi connectivity index (χ2n) is 7.53. The van der Waals surface area contributed by atoms with Crippen molar-refractivity contribution < 1.29 is 27.4 Å². The molecule has 0 unspecified atom stereocenters. The van der Waals surface area contributed by atoms with E-state index >= 15 is 0 Å². The molecule has 0 saturated carbocycles. The highest BCUT2D eigenvalue weighted by atomic mass is 35.5. The fraction of sp³-hybridized carbons (Fsp3) is 0.120. The number of carbonyl (C=O) groups excluding carboxylic acids is 1. The summed E-state index contributed by atoms with van der Waals surface area (Å²) in [7, 11) is 3.13. The van der Waals surface area contributed by atoms with Gasteiger partial charge in [-0.25, -0.2) is 9.48 Å². The second-order valence-corrected chi connectivity index (χ2v) is 7.94. The van der Waals surface area contributed by atoms with Gasteiger partial charge in [0.05, 0.1) is 36.2 Å². The number of alkyl halides is 3. The zero-order valence-electron chi connectivity index (χ0n) is 19.1. The van der Waals surface area contributed by atoms with Crippen molar-refractivity contribution in [3.8, 4) is 28.4 Å². The Morgan fingerprint density at radius 1 is 0.889 bits per heavy atom. The number of urea groups is 1. The largest absolute Gasteiger partial charge is 0.493 e. The first-order valence-electron chi connectivity index (χ1n) is 10.5. The third-order valence-corrected chi connectivity index (χ3v) is 5.52. The topological polar surface area (TPSA) is 77.4 Å². The highest BCUT2D eigenvalue weighted by molar-refractivity contribution is 6.31. The molecule has 0 aliphatic rings. The number of hydrogen-bond donors (Lipinski definition) is 2. The Morgan fingerprint density at radius 3 is 2.22 bits per heavy atom. The average Bonchev–Trinajstić information content (AvgIpc) is 3.35. The maximum atomic E-state index is 13.0. The Balaban J connectivity index is 1.43. The lowest BCUT2D eigenvalue weighted by molar-refractivity contribution is -0.137. The van der Waals surface area contributed by atoms with Gasteiger partial charge in [-0.05, 0) is 66.7 Å². The van der Waals surface area contributed by atoms with Crippen molar-refractivity contribution in [1.82, 2.24) is 9.78 Å². The maximum Gasteiger partial charge on any atom is 0.417 e. The SMILES string of the molecule is COc1ccc(-c2ccn(-c3ccc(NC(=O)Nc4ccc(Cl)c(C(F)(F)F)c4)cc3)n2)cc1OC. The maximum absolute atomic E-state index is 13.0. The first-order valence-corrected chi connectivity index (χ1v) is 10.9. The van der Waals surface area contributed by atoms with Gasteiger partial charge in [-0.15, -0.1) is 0 Å². The first kappa shape index (κ1) is 24.9. The number of rotatable bonds is 6. The van der Waals surface area contributed by atoms with Crippen LogP contribution in [-0.4, -0.2) is 30.0 Å². The molecule has 3 aromatic carbocycles. The summed E-state index contributed by atoms with van der Waals surface area (Å²) in [6.07, 6.45) is -2.84. The van der Waals surface area contributed by atoms with Crippen LogP contribution in [0.3, 0.4) is 0 Å². The summed E-state index contributed by atoms with van der Waals surface area (Å²) in [5, 5.41) is 9.08. The number of ether oxygens (including phenoxy) is 2. The van der Waals surface area contributed by atoms with Gasteiger partial charge < -0.3 is 20.1 Å². The van der Waals surface area contributed by atoms with Crippen molar-refractivity contribution in [1.29, 1.82) is 0 Å². The van der Waals surface area contributed by atoms with Crippen LogP contribution < -0.4 is 20.1 Å². The lowest BCUT2D eigenvalue weighted by atomic mass is 10.1. The molecule has 0 saturated heterocycles. The van der Waals surface area contributed by atoms with E-state index in [4.69, 9.17) is 21.1 Å². The van der Waals surface area contributed by atoms with Crippen LogP contribution in [0.1, 0.15) is 5.56 Å². The molecule has 0 bridgehead atoms. The van der Waals surface area contributed by atoms with E-state index in [2.05, 4.69) is 15.7 Å². The van der Waals surface area contributed by atoms with Crippen molar-refractivity contribution in [2.45, 2.75) is 6.18 Å². The van der Waals surface area contributed by atoms with Crippen LogP contribution in [0.4, 0.5) is 29.3 Å². The van der Waals surface area contributed by atoms with Gasteiger partial charge in [0.25, 0.3) is 0 Å². The summed E-state index contributed by atoms with van der Waals surface area (Å²) in [5.74, 6) is 1.20. The van der Waals surface area contributed by atoms with Crippen LogP contribution in [-0.2, 0) is 6.18 Å². The molecule has 186 valence electrons. The van der Waals surface area contributed by atoms with Crippen molar-refractivity contribution in [2.24, 2.45) is 0 Å². The minimum atomic E-state index is -4.63. The van der Waals surface area contributed by atoms with Gasteiger partial charge in [0, 0.05) is 23.1 Å². The van der Waals surface area contributed by atoms with E-state index < -0.39 is 22.8 Å². The second kappa shape index (κ2) is 10.2. The van der Waals surface area contributed by atoms with Gasteiger partial charge in [-0.3, -0.25) is 0 Å². The Labute approximate surface area is 209 Å². The molecule has 4 rings (SSSR count). The van der Waals surface area contributed by atoms with Gasteiger partial charge in [0.15, 0.2) is 11.5 Å². The lowest BCUT2D eigenvalue weighted by Crippen LogP contribution is -2.20. The Bertz CT molecular complexity index is 1390. The third-order valence-electron chi connectivity index (χ3n) is 5.19. The highest BCUT2D eigenvalue weighted by Crippen LogP contribution is 2.36. The van der Waals surface area contributed by atoms with Crippen LogP contribution in [0, 0.1) is 0 Å². The number of nitrogens with one attached hydrogen (secondary N) is 2. The van der Waals surface area contributed by atoms with Crippen LogP contribution in [0.5, 0.6) is 11.5 Å². The standard InChI is InChI=1S/C25H20ClF3N4O3/c1-35-22-10-3-15(13-23(22)36-2)21-11-12-33(32-21)18-7-4-16(5-8-18)30-24(34)31-17-6-9-20(26)19(14-17)25(27,28)29/h3-14H,1-2H3,(H2,30,31,34). The fourth-order valence-corrected chi connectivity index (χ4v) is 3.65. The molecular formula is C25H20ClF3N4O3. The van der Waals surface area contributed by atoms with Crippen LogP contribution in [0.15, 0.2) is 72.9 Å². The molecule has 36 heavy (non-hydrogen) atoms. The monoisotopic (exact) mass is 516 g/mol. The smallest absolute Gasteiger partial charge is 0.417 e. The van der Waals surface area contributed by atoms with Gasteiger partial charge in [0.1, 0.15) is 0 Å². The van der Waals surface area contributed by atoms with Gasteiger partial charge in [0.2, 0.25) is 0 Å². The molecule has 1 aromatic heterocycles. The predicted molar refractivity (Wildman–Crippen MR) is 131 cm³/mol. The Morgan fingerprint density at radius 2 is 1.56 bits per heavy atom. The number of anilines is 2. The molecule has 7 nitrogen and oxygen atoms in total. The number of nitrogens with zero attached hydrogens (tertiary/aromatic N) is 2. The van der Waals surface area contributed by atoms with E-state index in [1.807, 2.05) is 18.2 Å². The molecular weight excluding hydrogens is 497 g/mol. The molecule has 11 heteroatoms. The highest BCUT2D eigenvalue weighted by Gasteiger charge is 2.33. The van der Waals surface area contributed by atoms with Crippen molar-refractivity contribution >= 4 is 29.0 Å². The molecule has 4 aromatic rings. The summed E-state index contributed by atoms with van der Waals surface area (Å²) >= 11 is 5.61. The van der Waals surface area contributed by atoms with Crippen LogP contribution in [0.2, 0.25) is 5.02 Å². The number of carbonyl (C=O) groups is 1. The number of amides is 2. The Kier molecular flexibility index (Phi) is 7.07. The minimum Gasteiger partial charge on any atom is -0.493 e. The third kappa shape index (κ3) is 5.55. The molecule has 0 fully saturated rings. The normalized spacial score (nSPS) is 11.2. The first-order chi connectivity index (χ1) is 17.2.